The smallest absolute Gasteiger partial charge is 0.133 e. The average Bonchev–Trinajstić information content (AvgIpc) is 2.38. The molecule has 0 spiro atoms. The van der Waals surface area contributed by atoms with Gasteiger partial charge in [-0.05, 0) is 35.9 Å². The highest BCUT2D eigenvalue weighted by molar-refractivity contribution is 5.94. The van der Waals surface area contributed by atoms with Gasteiger partial charge in [-0.3, -0.25) is 4.98 Å². The Kier molecular flexibility index (Phi) is 2.45. The molecule has 0 fully saturated rings. The van der Waals surface area contributed by atoms with Crippen molar-refractivity contribution in [3.8, 4) is 11.1 Å². The van der Waals surface area contributed by atoms with Gasteiger partial charge in [-0.15, -0.1) is 0 Å². The first kappa shape index (κ1) is 10.7. The van der Waals surface area contributed by atoms with E-state index < -0.39 is 0 Å². The van der Waals surface area contributed by atoms with Crippen molar-refractivity contribution in [3.05, 3.63) is 60.5 Å². The predicted octanol–water partition coefficient (Wildman–Crippen LogP) is 3.62. The third-order valence-corrected chi connectivity index (χ3v) is 2.93. The molecule has 0 aliphatic rings. The number of nitrogens with two attached hydrogens (primary N) is 1. The summed E-state index contributed by atoms with van der Waals surface area (Å²) < 4.78 is 14.0. The summed E-state index contributed by atoms with van der Waals surface area (Å²) in [5.41, 5.74) is 8.22. The Morgan fingerprint density at radius 1 is 0.944 bits per heavy atom. The fourth-order valence-corrected chi connectivity index (χ4v) is 2.09. The largest absolute Gasteiger partial charge is 0.399 e. The topological polar surface area (TPSA) is 38.9 Å². The van der Waals surface area contributed by atoms with Crippen molar-refractivity contribution in [1.29, 1.82) is 0 Å². The summed E-state index contributed by atoms with van der Waals surface area (Å²) in [6, 6.07) is 14.2. The summed E-state index contributed by atoms with van der Waals surface area (Å²) in [4.78, 5) is 4.27. The monoisotopic (exact) mass is 238 g/mol. The number of benzene rings is 2. The van der Waals surface area contributed by atoms with Crippen molar-refractivity contribution in [2.24, 2.45) is 0 Å². The second kappa shape index (κ2) is 4.11. The molecule has 2 aromatic carbocycles. The van der Waals surface area contributed by atoms with Crippen LogP contribution in [-0.4, -0.2) is 4.98 Å². The Morgan fingerprint density at radius 3 is 2.67 bits per heavy atom. The molecule has 0 saturated carbocycles. The van der Waals surface area contributed by atoms with Gasteiger partial charge in [0.05, 0.1) is 5.52 Å². The van der Waals surface area contributed by atoms with E-state index >= 15 is 0 Å². The van der Waals surface area contributed by atoms with Crippen molar-refractivity contribution in [3.63, 3.8) is 0 Å². The first-order valence-electron chi connectivity index (χ1n) is 5.65. The maximum Gasteiger partial charge on any atom is 0.133 e. The molecule has 1 heterocycles. The van der Waals surface area contributed by atoms with Crippen molar-refractivity contribution >= 4 is 16.6 Å². The van der Waals surface area contributed by atoms with Gasteiger partial charge in [0.1, 0.15) is 5.82 Å². The van der Waals surface area contributed by atoms with Crippen LogP contribution in [0.2, 0.25) is 0 Å². The first-order chi connectivity index (χ1) is 8.75. The van der Waals surface area contributed by atoms with Crippen LogP contribution in [0.5, 0.6) is 0 Å². The predicted molar refractivity (Wildman–Crippen MR) is 71.5 cm³/mol. The van der Waals surface area contributed by atoms with Crippen LogP contribution in [0.15, 0.2) is 54.7 Å². The van der Waals surface area contributed by atoms with Crippen molar-refractivity contribution in [2.45, 2.75) is 0 Å². The number of hydrogen-bond donors (Lipinski definition) is 1. The zero-order chi connectivity index (χ0) is 12.5. The Hall–Kier alpha value is -2.42. The molecule has 0 unspecified atom stereocenters. The SMILES string of the molecule is Nc1ccc(-c2cccc3ncccc23)c(F)c1. The lowest BCUT2D eigenvalue weighted by Crippen LogP contribution is -1.90. The summed E-state index contributed by atoms with van der Waals surface area (Å²) in [6.45, 7) is 0. The minimum atomic E-state index is -0.314. The van der Waals surface area contributed by atoms with Gasteiger partial charge in [0.2, 0.25) is 0 Å². The molecule has 0 aliphatic heterocycles. The van der Waals surface area contributed by atoms with Gasteiger partial charge < -0.3 is 5.73 Å². The number of nitrogens with zero attached hydrogens (tertiary/aromatic N) is 1. The highest BCUT2D eigenvalue weighted by atomic mass is 19.1. The number of aromatic nitrogens is 1. The second-order valence-corrected chi connectivity index (χ2v) is 4.11. The molecule has 2 N–H and O–H groups in total. The van der Waals surface area contributed by atoms with E-state index in [-0.39, 0.29) is 5.82 Å². The van der Waals surface area contributed by atoms with Crippen LogP contribution >= 0.6 is 0 Å². The minimum absolute atomic E-state index is 0.314. The third-order valence-electron chi connectivity index (χ3n) is 2.93. The molecule has 3 aromatic rings. The highest BCUT2D eigenvalue weighted by Crippen LogP contribution is 2.30. The van der Waals surface area contributed by atoms with Crippen LogP contribution in [-0.2, 0) is 0 Å². The third kappa shape index (κ3) is 1.70. The fourth-order valence-electron chi connectivity index (χ4n) is 2.09. The Morgan fingerprint density at radius 2 is 1.83 bits per heavy atom. The lowest BCUT2D eigenvalue weighted by Gasteiger charge is -2.07. The number of nitrogen functional groups attached to an aromatic ring is 1. The van der Waals surface area contributed by atoms with Gasteiger partial charge in [-0.1, -0.05) is 18.2 Å². The lowest BCUT2D eigenvalue weighted by atomic mass is 10.00. The van der Waals surface area contributed by atoms with E-state index in [1.54, 1.807) is 18.3 Å². The van der Waals surface area contributed by atoms with Gasteiger partial charge >= 0.3 is 0 Å². The molecule has 3 heteroatoms. The molecule has 18 heavy (non-hydrogen) atoms. The van der Waals surface area contributed by atoms with Gasteiger partial charge in [0, 0.05) is 22.8 Å². The van der Waals surface area contributed by atoms with Crippen molar-refractivity contribution in [1.82, 2.24) is 4.98 Å². The normalized spacial score (nSPS) is 10.7. The van der Waals surface area contributed by atoms with E-state index in [1.807, 2.05) is 30.3 Å². The molecule has 0 bridgehead atoms. The number of anilines is 1. The maximum absolute atomic E-state index is 14.0. The number of hydrogen-bond acceptors (Lipinski definition) is 2. The summed E-state index contributed by atoms with van der Waals surface area (Å²) >= 11 is 0. The summed E-state index contributed by atoms with van der Waals surface area (Å²) in [6.07, 6.45) is 1.73. The van der Waals surface area contributed by atoms with Gasteiger partial charge in [-0.25, -0.2) is 4.39 Å². The quantitative estimate of drug-likeness (QED) is 0.657. The van der Waals surface area contributed by atoms with Gasteiger partial charge in [0.25, 0.3) is 0 Å². The maximum atomic E-state index is 14.0. The van der Waals surface area contributed by atoms with Crippen LogP contribution < -0.4 is 5.73 Å². The van der Waals surface area contributed by atoms with Crippen molar-refractivity contribution in [2.75, 3.05) is 5.73 Å². The standard InChI is InChI=1S/C15H11FN2/c16-14-9-10(17)6-7-12(14)11-3-1-5-15-13(11)4-2-8-18-15/h1-9H,17H2. The van der Waals surface area contributed by atoms with E-state index in [1.165, 1.54) is 6.07 Å². The molecule has 0 atom stereocenters. The van der Waals surface area contributed by atoms with E-state index in [4.69, 9.17) is 5.73 Å². The lowest BCUT2D eigenvalue weighted by molar-refractivity contribution is 0.632. The molecule has 88 valence electrons. The first-order valence-corrected chi connectivity index (χ1v) is 5.65. The molecule has 0 aliphatic carbocycles. The molecule has 0 saturated heterocycles. The summed E-state index contributed by atoms with van der Waals surface area (Å²) in [5.74, 6) is -0.314. The molecule has 2 nitrogen and oxygen atoms in total. The van der Waals surface area contributed by atoms with Crippen LogP contribution in [0.4, 0.5) is 10.1 Å². The molecule has 0 radical (unpaired) electrons. The Bertz CT molecular complexity index is 717. The van der Waals surface area contributed by atoms with E-state index in [0.29, 0.717) is 11.3 Å². The number of rotatable bonds is 1. The zero-order valence-corrected chi connectivity index (χ0v) is 9.60. The summed E-state index contributed by atoms with van der Waals surface area (Å²) in [7, 11) is 0. The second-order valence-electron chi connectivity index (χ2n) is 4.11. The molecule has 3 rings (SSSR count). The van der Waals surface area contributed by atoms with Gasteiger partial charge in [0.15, 0.2) is 0 Å². The molecular weight excluding hydrogens is 227 g/mol. The fraction of sp³-hybridized carbons (Fsp3) is 0. The van der Waals surface area contributed by atoms with E-state index in [9.17, 15) is 4.39 Å². The van der Waals surface area contributed by atoms with Crippen LogP contribution in [0.1, 0.15) is 0 Å². The minimum Gasteiger partial charge on any atom is -0.399 e. The number of pyridine rings is 1. The van der Waals surface area contributed by atoms with Gasteiger partial charge in [-0.2, -0.15) is 0 Å². The Balaban J connectivity index is 2.31. The van der Waals surface area contributed by atoms with Crippen LogP contribution in [0.25, 0.3) is 22.0 Å². The molecule has 1 aromatic heterocycles. The number of halogens is 1. The molecule has 0 amide bonds. The highest BCUT2D eigenvalue weighted by Gasteiger charge is 2.08. The number of fused-ring (bicyclic) bond motifs is 1. The Labute approximate surface area is 104 Å². The van der Waals surface area contributed by atoms with E-state index in [2.05, 4.69) is 4.98 Å². The average molecular weight is 238 g/mol. The van der Waals surface area contributed by atoms with Crippen LogP contribution in [0, 0.1) is 5.82 Å². The summed E-state index contributed by atoms with van der Waals surface area (Å²) in [5, 5.41) is 0.934. The molecular formula is C15H11FN2. The van der Waals surface area contributed by atoms with Crippen molar-refractivity contribution < 1.29 is 4.39 Å². The van der Waals surface area contributed by atoms with E-state index in [0.717, 1.165) is 16.5 Å². The zero-order valence-electron chi connectivity index (χ0n) is 9.60. The van der Waals surface area contributed by atoms with Crippen LogP contribution in [0.3, 0.4) is 0 Å².